The van der Waals surface area contributed by atoms with Gasteiger partial charge in [-0.2, -0.15) is 0 Å². The van der Waals surface area contributed by atoms with E-state index in [0.29, 0.717) is 41.9 Å². The first-order valence-electron chi connectivity index (χ1n) is 7.40. The molecule has 0 aliphatic carbocycles. The predicted octanol–water partition coefficient (Wildman–Crippen LogP) is 3.55. The quantitative estimate of drug-likeness (QED) is 0.911. The maximum Gasteiger partial charge on any atom is 0.322 e. The molecular formula is C16H18ClN3O3. The van der Waals surface area contributed by atoms with Crippen LogP contribution < -0.4 is 5.32 Å². The van der Waals surface area contributed by atoms with Crippen LogP contribution in [0.1, 0.15) is 23.1 Å². The first kappa shape index (κ1) is 15.8. The number of hydrogen-bond acceptors (Lipinski definition) is 4. The molecule has 23 heavy (non-hydrogen) atoms. The zero-order chi connectivity index (χ0) is 16.4. The van der Waals surface area contributed by atoms with E-state index < -0.39 is 0 Å². The summed E-state index contributed by atoms with van der Waals surface area (Å²) in [5.74, 6) is 0.596. The molecule has 1 aliphatic heterocycles. The molecular weight excluding hydrogens is 318 g/mol. The fraction of sp³-hybridized carbons (Fsp3) is 0.375. The lowest BCUT2D eigenvalue weighted by molar-refractivity contribution is -0.0135. The molecule has 1 saturated heterocycles. The Bertz CT molecular complexity index is 680. The van der Waals surface area contributed by atoms with Crippen molar-refractivity contribution in [2.45, 2.75) is 20.0 Å². The number of hydrogen-bond donors (Lipinski definition) is 1. The third-order valence-corrected chi connectivity index (χ3v) is 4.11. The predicted molar refractivity (Wildman–Crippen MR) is 86.7 cm³/mol. The molecule has 0 spiro atoms. The largest absolute Gasteiger partial charge is 0.370 e. The van der Waals surface area contributed by atoms with E-state index in [9.17, 15) is 4.79 Å². The van der Waals surface area contributed by atoms with Gasteiger partial charge < -0.3 is 19.5 Å². The van der Waals surface area contributed by atoms with Gasteiger partial charge in [-0.25, -0.2) is 4.79 Å². The highest BCUT2D eigenvalue weighted by atomic mass is 35.5. The topological polar surface area (TPSA) is 67.6 Å². The van der Waals surface area contributed by atoms with Crippen molar-refractivity contribution in [3.05, 3.63) is 46.3 Å². The van der Waals surface area contributed by atoms with Crippen LogP contribution in [0, 0.1) is 13.8 Å². The van der Waals surface area contributed by atoms with Gasteiger partial charge in [-0.3, -0.25) is 0 Å². The van der Waals surface area contributed by atoms with Crippen LogP contribution in [0.5, 0.6) is 0 Å². The minimum Gasteiger partial charge on any atom is -0.370 e. The summed E-state index contributed by atoms with van der Waals surface area (Å²) in [7, 11) is 0. The SMILES string of the molecule is Cc1noc(C)c1NC(=O)N1CCOC(c2ccc(Cl)cc2)C1. The minimum absolute atomic E-state index is 0.156. The number of anilines is 1. The number of halogens is 1. The number of aromatic nitrogens is 1. The van der Waals surface area contributed by atoms with E-state index in [4.69, 9.17) is 20.9 Å². The van der Waals surface area contributed by atoms with Gasteiger partial charge >= 0.3 is 6.03 Å². The van der Waals surface area contributed by atoms with Gasteiger partial charge in [0.2, 0.25) is 0 Å². The Morgan fingerprint density at radius 2 is 2.09 bits per heavy atom. The summed E-state index contributed by atoms with van der Waals surface area (Å²) in [4.78, 5) is 14.2. The molecule has 1 unspecified atom stereocenters. The monoisotopic (exact) mass is 335 g/mol. The fourth-order valence-corrected chi connectivity index (χ4v) is 2.69. The summed E-state index contributed by atoms with van der Waals surface area (Å²) in [6.45, 7) is 5.08. The van der Waals surface area contributed by atoms with Crippen molar-refractivity contribution in [1.29, 1.82) is 0 Å². The molecule has 1 aromatic heterocycles. The Labute approximate surface area is 139 Å². The molecule has 2 heterocycles. The molecule has 2 amide bonds. The van der Waals surface area contributed by atoms with Crippen molar-refractivity contribution >= 4 is 23.3 Å². The number of amides is 2. The molecule has 0 saturated carbocycles. The van der Waals surface area contributed by atoms with Gasteiger partial charge in [-0.15, -0.1) is 0 Å². The third-order valence-electron chi connectivity index (χ3n) is 3.86. The highest BCUT2D eigenvalue weighted by molar-refractivity contribution is 6.30. The summed E-state index contributed by atoms with van der Waals surface area (Å²) in [6, 6.07) is 7.30. The van der Waals surface area contributed by atoms with Gasteiger partial charge in [0.05, 0.1) is 13.2 Å². The van der Waals surface area contributed by atoms with E-state index in [2.05, 4.69) is 10.5 Å². The maximum atomic E-state index is 12.5. The molecule has 1 aromatic carbocycles. The van der Waals surface area contributed by atoms with Crippen LogP contribution in [-0.2, 0) is 4.74 Å². The first-order chi connectivity index (χ1) is 11.0. The molecule has 0 radical (unpaired) electrons. The second-order valence-electron chi connectivity index (χ2n) is 5.49. The van der Waals surface area contributed by atoms with Crippen LogP contribution in [0.2, 0.25) is 5.02 Å². The van der Waals surface area contributed by atoms with Crippen molar-refractivity contribution in [2.75, 3.05) is 25.0 Å². The Kier molecular flexibility index (Phi) is 4.54. The molecule has 0 bridgehead atoms. The minimum atomic E-state index is -0.179. The molecule has 1 N–H and O–H groups in total. The molecule has 2 aromatic rings. The Hall–Kier alpha value is -2.05. The normalized spacial score (nSPS) is 18.0. The van der Waals surface area contributed by atoms with E-state index in [1.165, 1.54) is 0 Å². The van der Waals surface area contributed by atoms with Crippen LogP contribution in [0.3, 0.4) is 0 Å². The van der Waals surface area contributed by atoms with E-state index in [-0.39, 0.29) is 12.1 Å². The van der Waals surface area contributed by atoms with Crippen molar-refractivity contribution in [3.63, 3.8) is 0 Å². The van der Waals surface area contributed by atoms with E-state index in [1.54, 1.807) is 18.7 Å². The molecule has 1 atom stereocenters. The summed E-state index contributed by atoms with van der Waals surface area (Å²) in [5.41, 5.74) is 2.30. The number of morpholine rings is 1. The zero-order valence-electron chi connectivity index (χ0n) is 13.0. The van der Waals surface area contributed by atoms with Gasteiger partial charge in [0, 0.05) is 11.6 Å². The average molecular weight is 336 g/mol. The van der Waals surface area contributed by atoms with Crippen LogP contribution in [0.4, 0.5) is 10.5 Å². The van der Waals surface area contributed by atoms with E-state index in [0.717, 1.165) is 5.56 Å². The van der Waals surface area contributed by atoms with Gasteiger partial charge in [-0.05, 0) is 31.5 Å². The summed E-state index contributed by atoms with van der Waals surface area (Å²) in [5, 5.41) is 7.38. The fourth-order valence-electron chi connectivity index (χ4n) is 2.56. The third kappa shape index (κ3) is 3.48. The highest BCUT2D eigenvalue weighted by Gasteiger charge is 2.26. The van der Waals surface area contributed by atoms with Gasteiger partial charge in [-0.1, -0.05) is 28.9 Å². The number of urea groups is 1. The number of aryl methyl sites for hydroxylation is 2. The second-order valence-corrected chi connectivity index (χ2v) is 5.92. The Balaban J connectivity index is 1.68. The van der Waals surface area contributed by atoms with Crippen LogP contribution in [0.25, 0.3) is 0 Å². The maximum absolute atomic E-state index is 12.5. The lowest BCUT2D eigenvalue weighted by atomic mass is 10.1. The number of nitrogens with one attached hydrogen (secondary N) is 1. The standard InChI is InChI=1S/C16H18ClN3O3/c1-10-15(11(2)23-19-10)18-16(21)20-7-8-22-14(9-20)12-3-5-13(17)6-4-12/h3-6,14H,7-9H2,1-2H3,(H,18,21). The average Bonchev–Trinajstić information content (AvgIpc) is 2.87. The summed E-state index contributed by atoms with van der Waals surface area (Å²) < 4.78 is 10.8. The lowest BCUT2D eigenvalue weighted by Gasteiger charge is -2.33. The van der Waals surface area contributed by atoms with Crippen molar-refractivity contribution in [1.82, 2.24) is 10.1 Å². The smallest absolute Gasteiger partial charge is 0.322 e. The Morgan fingerprint density at radius 1 is 1.35 bits per heavy atom. The number of rotatable bonds is 2. The van der Waals surface area contributed by atoms with Crippen molar-refractivity contribution < 1.29 is 14.1 Å². The number of carbonyl (C=O) groups is 1. The molecule has 1 aliphatic rings. The van der Waals surface area contributed by atoms with Gasteiger partial charge in [0.1, 0.15) is 17.5 Å². The number of carbonyl (C=O) groups excluding carboxylic acids is 1. The van der Waals surface area contributed by atoms with Crippen molar-refractivity contribution in [2.24, 2.45) is 0 Å². The number of nitrogens with zero attached hydrogens (tertiary/aromatic N) is 2. The summed E-state index contributed by atoms with van der Waals surface area (Å²) in [6.07, 6.45) is -0.156. The van der Waals surface area contributed by atoms with Gasteiger partial charge in [0.25, 0.3) is 0 Å². The van der Waals surface area contributed by atoms with Crippen LogP contribution >= 0.6 is 11.6 Å². The Morgan fingerprint density at radius 3 is 2.74 bits per heavy atom. The van der Waals surface area contributed by atoms with Gasteiger partial charge in [0.15, 0.2) is 5.76 Å². The summed E-state index contributed by atoms with van der Waals surface area (Å²) >= 11 is 5.91. The second kappa shape index (κ2) is 6.60. The molecule has 3 rings (SSSR count). The highest BCUT2D eigenvalue weighted by Crippen LogP contribution is 2.25. The van der Waals surface area contributed by atoms with Crippen LogP contribution in [0.15, 0.2) is 28.8 Å². The zero-order valence-corrected chi connectivity index (χ0v) is 13.8. The van der Waals surface area contributed by atoms with Crippen molar-refractivity contribution in [3.8, 4) is 0 Å². The van der Waals surface area contributed by atoms with E-state index >= 15 is 0 Å². The van der Waals surface area contributed by atoms with Crippen LogP contribution in [-0.4, -0.2) is 35.8 Å². The van der Waals surface area contributed by atoms with E-state index in [1.807, 2.05) is 24.3 Å². The molecule has 6 nitrogen and oxygen atoms in total. The molecule has 122 valence electrons. The molecule has 7 heteroatoms. The lowest BCUT2D eigenvalue weighted by Crippen LogP contribution is -2.44. The first-order valence-corrected chi connectivity index (χ1v) is 7.78. The molecule has 1 fully saturated rings. The number of benzene rings is 1. The number of ether oxygens (including phenoxy) is 1.